The van der Waals surface area contributed by atoms with Crippen molar-refractivity contribution in [3.05, 3.63) is 58.7 Å². The first kappa shape index (κ1) is 19.1. The first-order chi connectivity index (χ1) is 13.1. The third-order valence-electron chi connectivity index (χ3n) is 5.01. The number of anilines is 1. The predicted octanol–water partition coefficient (Wildman–Crippen LogP) is 3.70. The maximum atomic E-state index is 13.0. The molecule has 0 amide bonds. The number of nitrogens with zero attached hydrogens (tertiary/aromatic N) is 1. The zero-order valence-corrected chi connectivity index (χ0v) is 15.9. The molecule has 0 unspecified atom stereocenters. The molecule has 27 heavy (non-hydrogen) atoms. The number of phenols is 1. The summed E-state index contributed by atoms with van der Waals surface area (Å²) in [6, 6.07) is 9.93. The number of ketones is 2. The smallest absolute Gasteiger partial charge is 0.198 e. The quantitative estimate of drug-likeness (QED) is 0.470. The van der Waals surface area contributed by atoms with Gasteiger partial charge >= 0.3 is 0 Å². The highest BCUT2D eigenvalue weighted by atomic mass is 16.3. The van der Waals surface area contributed by atoms with E-state index in [4.69, 9.17) is 0 Å². The Balaban J connectivity index is 1.81. The molecule has 0 spiro atoms. The van der Waals surface area contributed by atoms with Crippen LogP contribution in [0.5, 0.6) is 5.75 Å². The number of nitrogens with one attached hydrogen (secondary N) is 1. The van der Waals surface area contributed by atoms with Gasteiger partial charge in [0, 0.05) is 23.4 Å². The van der Waals surface area contributed by atoms with Gasteiger partial charge in [-0.15, -0.1) is 0 Å². The van der Waals surface area contributed by atoms with Crippen molar-refractivity contribution in [3.63, 3.8) is 0 Å². The van der Waals surface area contributed by atoms with Crippen molar-refractivity contribution in [1.29, 1.82) is 0 Å². The molecule has 0 atom stereocenters. The molecule has 1 aliphatic carbocycles. The number of hydrogen-bond acceptors (Lipinski definition) is 5. The van der Waals surface area contributed by atoms with Crippen LogP contribution in [0, 0.1) is 0 Å². The number of phenolic OH excluding ortho intramolecular Hbond substituents is 1. The average Bonchev–Trinajstić information content (AvgIpc) is 2.69. The third-order valence-corrected chi connectivity index (χ3v) is 5.01. The lowest BCUT2D eigenvalue weighted by atomic mass is 9.82. The molecule has 5 heteroatoms. The van der Waals surface area contributed by atoms with E-state index in [1.54, 1.807) is 30.3 Å². The molecule has 0 saturated heterocycles. The standard InChI is InChI=1S/C22H26N2O3/c1-3-13-24(4-2)14-7-12-23-17-10-11-18(25)20-19(17)21(26)15-8-5-6-9-16(15)22(20)27/h5-6,8-11,23,25H,3-4,7,12-14H2,1-2H3. The summed E-state index contributed by atoms with van der Waals surface area (Å²) in [5, 5.41) is 13.5. The van der Waals surface area contributed by atoms with Crippen LogP contribution >= 0.6 is 0 Å². The molecule has 0 fully saturated rings. The van der Waals surface area contributed by atoms with Gasteiger partial charge in [-0.1, -0.05) is 38.1 Å². The number of hydrogen-bond donors (Lipinski definition) is 2. The van der Waals surface area contributed by atoms with Crippen LogP contribution in [0.3, 0.4) is 0 Å². The Labute approximate surface area is 160 Å². The molecule has 2 aromatic rings. The maximum Gasteiger partial charge on any atom is 0.198 e. The van der Waals surface area contributed by atoms with Gasteiger partial charge in [0.15, 0.2) is 11.6 Å². The first-order valence-electron chi connectivity index (χ1n) is 9.59. The van der Waals surface area contributed by atoms with E-state index >= 15 is 0 Å². The van der Waals surface area contributed by atoms with E-state index in [2.05, 4.69) is 24.1 Å². The van der Waals surface area contributed by atoms with Crippen LogP contribution in [0.4, 0.5) is 5.69 Å². The Morgan fingerprint density at radius 3 is 2.22 bits per heavy atom. The Kier molecular flexibility index (Phi) is 5.91. The van der Waals surface area contributed by atoms with Crippen LogP contribution in [0.25, 0.3) is 0 Å². The van der Waals surface area contributed by atoms with Gasteiger partial charge in [0.25, 0.3) is 0 Å². The Morgan fingerprint density at radius 1 is 0.926 bits per heavy atom. The lowest BCUT2D eigenvalue weighted by molar-refractivity contribution is 0.0977. The molecule has 5 nitrogen and oxygen atoms in total. The van der Waals surface area contributed by atoms with Crippen molar-refractivity contribution >= 4 is 17.3 Å². The van der Waals surface area contributed by atoms with Crippen LogP contribution < -0.4 is 5.32 Å². The molecule has 142 valence electrons. The number of rotatable bonds is 8. The van der Waals surface area contributed by atoms with Crippen molar-refractivity contribution in [1.82, 2.24) is 4.90 Å². The summed E-state index contributed by atoms with van der Waals surface area (Å²) in [4.78, 5) is 28.2. The lowest BCUT2D eigenvalue weighted by Gasteiger charge is -2.22. The Morgan fingerprint density at radius 2 is 1.59 bits per heavy atom. The van der Waals surface area contributed by atoms with Gasteiger partial charge in [-0.2, -0.15) is 0 Å². The molecular formula is C22H26N2O3. The summed E-state index contributed by atoms with van der Waals surface area (Å²) in [6.07, 6.45) is 2.06. The average molecular weight is 366 g/mol. The lowest BCUT2D eigenvalue weighted by Crippen LogP contribution is -2.27. The molecule has 0 aliphatic heterocycles. The van der Waals surface area contributed by atoms with Crippen LogP contribution in [-0.2, 0) is 0 Å². The largest absolute Gasteiger partial charge is 0.507 e. The second-order valence-corrected chi connectivity index (χ2v) is 6.80. The highest BCUT2D eigenvalue weighted by Gasteiger charge is 2.33. The Hall–Kier alpha value is -2.66. The summed E-state index contributed by atoms with van der Waals surface area (Å²) in [7, 11) is 0. The van der Waals surface area contributed by atoms with Gasteiger partial charge in [0.2, 0.25) is 0 Å². The highest BCUT2D eigenvalue weighted by Crippen LogP contribution is 2.36. The zero-order chi connectivity index (χ0) is 19.4. The molecule has 0 saturated carbocycles. The minimum atomic E-state index is -0.304. The molecule has 0 bridgehead atoms. The van der Waals surface area contributed by atoms with E-state index < -0.39 is 0 Å². The van der Waals surface area contributed by atoms with Crippen LogP contribution in [-0.4, -0.2) is 47.8 Å². The number of carbonyl (C=O) groups excluding carboxylic acids is 2. The fraction of sp³-hybridized carbons (Fsp3) is 0.364. The fourth-order valence-corrected chi connectivity index (χ4v) is 3.62. The monoisotopic (exact) mass is 366 g/mol. The minimum Gasteiger partial charge on any atom is -0.507 e. The van der Waals surface area contributed by atoms with Gasteiger partial charge in [-0.3, -0.25) is 9.59 Å². The highest BCUT2D eigenvalue weighted by molar-refractivity contribution is 6.31. The molecule has 0 heterocycles. The van der Waals surface area contributed by atoms with Crippen molar-refractivity contribution in [2.45, 2.75) is 26.7 Å². The summed E-state index contributed by atoms with van der Waals surface area (Å²) >= 11 is 0. The van der Waals surface area contributed by atoms with Gasteiger partial charge in [-0.25, -0.2) is 0 Å². The summed E-state index contributed by atoms with van der Waals surface area (Å²) in [6.45, 7) is 8.10. The van der Waals surface area contributed by atoms with Crippen LogP contribution in [0.1, 0.15) is 58.5 Å². The number of aromatic hydroxyl groups is 1. The first-order valence-corrected chi connectivity index (χ1v) is 9.59. The number of benzene rings is 2. The fourth-order valence-electron chi connectivity index (χ4n) is 3.62. The predicted molar refractivity (Wildman–Crippen MR) is 107 cm³/mol. The Bertz CT molecular complexity index is 861. The maximum absolute atomic E-state index is 13.0. The minimum absolute atomic E-state index is 0.102. The van der Waals surface area contributed by atoms with Gasteiger partial charge in [0.05, 0.1) is 11.1 Å². The normalized spacial score (nSPS) is 12.9. The SMILES string of the molecule is CCCN(CC)CCCNc1ccc(O)c2c1C(=O)c1ccccc1C2=O. The molecule has 2 N–H and O–H groups in total. The summed E-state index contributed by atoms with van der Waals surface area (Å²) < 4.78 is 0. The second-order valence-electron chi connectivity index (χ2n) is 6.80. The van der Waals surface area contributed by atoms with E-state index in [0.29, 0.717) is 23.4 Å². The van der Waals surface area contributed by atoms with E-state index in [1.165, 1.54) is 6.07 Å². The topological polar surface area (TPSA) is 69.6 Å². The summed E-state index contributed by atoms with van der Waals surface area (Å²) in [5.41, 5.74) is 1.73. The van der Waals surface area contributed by atoms with Crippen molar-refractivity contribution in [3.8, 4) is 5.75 Å². The van der Waals surface area contributed by atoms with E-state index in [0.717, 1.165) is 32.5 Å². The molecule has 0 radical (unpaired) electrons. The van der Waals surface area contributed by atoms with E-state index in [9.17, 15) is 14.7 Å². The molecule has 1 aliphatic rings. The van der Waals surface area contributed by atoms with Crippen molar-refractivity contribution in [2.24, 2.45) is 0 Å². The van der Waals surface area contributed by atoms with Crippen LogP contribution in [0.2, 0.25) is 0 Å². The van der Waals surface area contributed by atoms with E-state index in [-0.39, 0.29) is 28.4 Å². The van der Waals surface area contributed by atoms with Gasteiger partial charge in [-0.05, 0) is 44.6 Å². The number of fused-ring (bicyclic) bond motifs is 2. The third kappa shape index (κ3) is 3.74. The molecule has 3 rings (SSSR count). The van der Waals surface area contributed by atoms with Gasteiger partial charge < -0.3 is 15.3 Å². The second kappa shape index (κ2) is 8.35. The summed E-state index contributed by atoms with van der Waals surface area (Å²) in [5.74, 6) is -0.676. The van der Waals surface area contributed by atoms with Crippen molar-refractivity contribution < 1.29 is 14.7 Å². The zero-order valence-electron chi connectivity index (χ0n) is 15.9. The van der Waals surface area contributed by atoms with Gasteiger partial charge in [0.1, 0.15) is 5.75 Å². The van der Waals surface area contributed by atoms with Crippen molar-refractivity contribution in [2.75, 3.05) is 31.5 Å². The number of carbonyl (C=O) groups is 2. The molecular weight excluding hydrogens is 340 g/mol. The molecule has 0 aromatic heterocycles. The van der Waals surface area contributed by atoms with E-state index in [1.807, 2.05) is 0 Å². The van der Waals surface area contributed by atoms with Crippen LogP contribution in [0.15, 0.2) is 36.4 Å². The molecule has 2 aromatic carbocycles.